The molecule has 0 saturated heterocycles. The Kier molecular flexibility index (Phi) is 5.63. The molecule has 0 aliphatic heterocycles. The van der Waals surface area contributed by atoms with Crippen molar-refractivity contribution >= 4 is 40.7 Å². The molecule has 5 nitrogen and oxygen atoms in total. The van der Waals surface area contributed by atoms with E-state index in [1.165, 1.54) is 0 Å². The molecule has 0 aliphatic carbocycles. The van der Waals surface area contributed by atoms with E-state index in [0.29, 0.717) is 21.3 Å². The molecule has 22 heavy (non-hydrogen) atoms. The minimum absolute atomic E-state index is 0.183. The van der Waals surface area contributed by atoms with Crippen LogP contribution in [0.3, 0.4) is 0 Å². The van der Waals surface area contributed by atoms with Gasteiger partial charge in [0.15, 0.2) is 0 Å². The second-order valence-electron chi connectivity index (χ2n) is 4.35. The molecule has 0 unspecified atom stereocenters. The van der Waals surface area contributed by atoms with Crippen molar-refractivity contribution in [3.8, 4) is 0 Å². The van der Waals surface area contributed by atoms with Gasteiger partial charge in [0, 0.05) is 5.02 Å². The fourth-order valence-electron chi connectivity index (χ4n) is 1.65. The van der Waals surface area contributed by atoms with Crippen LogP contribution in [0.1, 0.15) is 10.4 Å². The van der Waals surface area contributed by atoms with Gasteiger partial charge in [-0.05, 0) is 30.3 Å². The Morgan fingerprint density at radius 3 is 2.50 bits per heavy atom. The van der Waals surface area contributed by atoms with Crippen molar-refractivity contribution in [2.24, 2.45) is 0 Å². The average Bonchev–Trinajstić information content (AvgIpc) is 2.51. The molecule has 0 atom stereocenters. The number of halogens is 2. The van der Waals surface area contributed by atoms with Gasteiger partial charge in [0.05, 0.1) is 22.8 Å². The van der Waals surface area contributed by atoms with Crippen molar-refractivity contribution in [3.05, 3.63) is 64.1 Å². The Morgan fingerprint density at radius 2 is 1.77 bits per heavy atom. The third-order valence-corrected chi connectivity index (χ3v) is 3.26. The number of hydrazine groups is 1. The van der Waals surface area contributed by atoms with E-state index in [2.05, 4.69) is 16.2 Å². The number of carbonyl (C=O) groups excluding carboxylic acids is 2. The van der Waals surface area contributed by atoms with Gasteiger partial charge in [0.1, 0.15) is 0 Å². The van der Waals surface area contributed by atoms with E-state index in [0.717, 1.165) is 0 Å². The average molecular weight is 338 g/mol. The van der Waals surface area contributed by atoms with Crippen molar-refractivity contribution in [2.45, 2.75) is 0 Å². The highest BCUT2D eigenvalue weighted by atomic mass is 35.5. The van der Waals surface area contributed by atoms with E-state index in [9.17, 15) is 9.59 Å². The largest absolute Gasteiger partial charge is 0.343 e. The van der Waals surface area contributed by atoms with Crippen LogP contribution in [-0.4, -0.2) is 18.4 Å². The lowest BCUT2D eigenvalue weighted by atomic mass is 10.2. The maximum Gasteiger partial charge on any atom is 0.257 e. The molecular formula is C15H13Cl2N3O2. The minimum Gasteiger partial charge on any atom is -0.343 e. The van der Waals surface area contributed by atoms with Gasteiger partial charge in [-0.2, -0.15) is 0 Å². The molecule has 0 spiro atoms. The molecule has 0 aromatic heterocycles. The summed E-state index contributed by atoms with van der Waals surface area (Å²) in [6.07, 6.45) is 0. The maximum absolute atomic E-state index is 11.9. The lowest BCUT2D eigenvalue weighted by Gasteiger charge is -2.10. The summed E-state index contributed by atoms with van der Waals surface area (Å²) < 4.78 is 0. The van der Waals surface area contributed by atoms with Gasteiger partial charge in [0.2, 0.25) is 0 Å². The normalized spacial score (nSPS) is 9.91. The Bertz CT molecular complexity index is 692. The zero-order chi connectivity index (χ0) is 15.9. The van der Waals surface area contributed by atoms with E-state index in [1.807, 2.05) is 0 Å². The second-order valence-corrected chi connectivity index (χ2v) is 5.19. The van der Waals surface area contributed by atoms with Crippen LogP contribution in [0.15, 0.2) is 48.5 Å². The van der Waals surface area contributed by atoms with Crippen LogP contribution in [0.4, 0.5) is 5.69 Å². The predicted molar refractivity (Wildman–Crippen MR) is 87.0 cm³/mol. The Morgan fingerprint density at radius 1 is 1.00 bits per heavy atom. The van der Waals surface area contributed by atoms with Crippen LogP contribution in [0.2, 0.25) is 10.0 Å². The molecular weight excluding hydrogens is 325 g/mol. The summed E-state index contributed by atoms with van der Waals surface area (Å²) in [5, 5.41) is 3.36. The Labute approximate surface area is 137 Å². The van der Waals surface area contributed by atoms with Crippen LogP contribution in [0, 0.1) is 0 Å². The molecule has 2 rings (SSSR count). The van der Waals surface area contributed by atoms with Crippen LogP contribution < -0.4 is 16.2 Å². The Balaban J connectivity index is 1.81. The first-order valence-corrected chi connectivity index (χ1v) is 7.15. The molecule has 114 valence electrons. The highest BCUT2D eigenvalue weighted by Crippen LogP contribution is 2.14. The number of hydrogen-bond donors (Lipinski definition) is 3. The number of anilines is 1. The van der Waals surface area contributed by atoms with E-state index in [4.69, 9.17) is 23.2 Å². The fourth-order valence-corrected chi connectivity index (χ4v) is 2.07. The number of carbonyl (C=O) groups is 2. The molecule has 0 fully saturated rings. The van der Waals surface area contributed by atoms with Gasteiger partial charge >= 0.3 is 0 Å². The number of hydrogen-bond acceptors (Lipinski definition) is 3. The monoisotopic (exact) mass is 337 g/mol. The smallest absolute Gasteiger partial charge is 0.257 e. The van der Waals surface area contributed by atoms with E-state index in [-0.39, 0.29) is 6.54 Å². The van der Waals surface area contributed by atoms with Crippen LogP contribution in [0.25, 0.3) is 0 Å². The first kappa shape index (κ1) is 16.1. The highest BCUT2D eigenvalue weighted by Gasteiger charge is 2.10. The summed E-state index contributed by atoms with van der Waals surface area (Å²) in [6.45, 7) is -0.183. The summed E-state index contributed by atoms with van der Waals surface area (Å²) in [6, 6.07) is 13.5. The van der Waals surface area contributed by atoms with Crippen LogP contribution in [-0.2, 0) is 4.79 Å². The molecule has 0 bridgehead atoms. The summed E-state index contributed by atoms with van der Waals surface area (Å²) in [5.74, 6) is -0.816. The Hall–Kier alpha value is -2.24. The van der Waals surface area contributed by atoms with Crippen molar-refractivity contribution in [2.75, 3.05) is 12.0 Å². The molecule has 0 saturated carbocycles. The first-order valence-electron chi connectivity index (χ1n) is 6.39. The van der Waals surface area contributed by atoms with E-state index < -0.39 is 11.8 Å². The molecule has 0 heterocycles. The molecule has 7 heteroatoms. The SMILES string of the molecule is O=C(CNC(=O)c1ccccc1Cl)NNc1cccc(Cl)c1. The van der Waals surface area contributed by atoms with Crippen LogP contribution in [0.5, 0.6) is 0 Å². The molecule has 2 aromatic carbocycles. The zero-order valence-electron chi connectivity index (χ0n) is 11.4. The van der Waals surface area contributed by atoms with Gasteiger partial charge in [0.25, 0.3) is 11.8 Å². The number of nitrogens with one attached hydrogen (secondary N) is 3. The summed E-state index contributed by atoms with van der Waals surface area (Å²) in [4.78, 5) is 23.5. The molecule has 3 N–H and O–H groups in total. The molecule has 0 aliphatic rings. The van der Waals surface area contributed by atoms with Crippen molar-refractivity contribution in [1.29, 1.82) is 0 Å². The number of benzene rings is 2. The van der Waals surface area contributed by atoms with Crippen molar-refractivity contribution in [1.82, 2.24) is 10.7 Å². The predicted octanol–water partition coefficient (Wildman–Crippen LogP) is 2.87. The maximum atomic E-state index is 11.9. The van der Waals surface area contributed by atoms with Gasteiger partial charge < -0.3 is 5.32 Å². The highest BCUT2D eigenvalue weighted by molar-refractivity contribution is 6.33. The topological polar surface area (TPSA) is 70.2 Å². The zero-order valence-corrected chi connectivity index (χ0v) is 12.9. The summed E-state index contributed by atoms with van der Waals surface area (Å²) >= 11 is 11.7. The van der Waals surface area contributed by atoms with Gasteiger partial charge in [-0.25, -0.2) is 0 Å². The molecule has 2 aromatic rings. The van der Waals surface area contributed by atoms with Gasteiger partial charge in [-0.3, -0.25) is 20.4 Å². The summed E-state index contributed by atoms with van der Waals surface area (Å²) in [7, 11) is 0. The fraction of sp³-hybridized carbons (Fsp3) is 0.0667. The number of rotatable bonds is 5. The summed E-state index contributed by atoms with van der Waals surface area (Å²) in [5.41, 5.74) is 6.11. The van der Waals surface area contributed by atoms with E-state index >= 15 is 0 Å². The second kappa shape index (κ2) is 7.68. The molecule has 2 amide bonds. The molecule has 0 radical (unpaired) electrons. The standard InChI is InChI=1S/C15H13Cl2N3O2/c16-10-4-3-5-11(8-10)19-20-14(21)9-18-15(22)12-6-1-2-7-13(12)17/h1-8,19H,9H2,(H,18,22)(H,20,21). The number of amides is 2. The lowest BCUT2D eigenvalue weighted by molar-refractivity contribution is -0.119. The van der Waals surface area contributed by atoms with Gasteiger partial charge in [-0.1, -0.05) is 41.4 Å². The van der Waals surface area contributed by atoms with Crippen LogP contribution >= 0.6 is 23.2 Å². The third kappa shape index (κ3) is 4.65. The van der Waals surface area contributed by atoms with E-state index in [1.54, 1.807) is 48.5 Å². The first-order chi connectivity index (χ1) is 10.6. The van der Waals surface area contributed by atoms with Gasteiger partial charge in [-0.15, -0.1) is 0 Å². The van der Waals surface area contributed by atoms with Crippen molar-refractivity contribution in [3.63, 3.8) is 0 Å². The third-order valence-electron chi connectivity index (χ3n) is 2.70. The minimum atomic E-state index is -0.413. The quantitative estimate of drug-likeness (QED) is 0.734. The lowest BCUT2D eigenvalue weighted by Crippen LogP contribution is -2.39. The van der Waals surface area contributed by atoms with Crippen molar-refractivity contribution < 1.29 is 9.59 Å².